The lowest BCUT2D eigenvalue weighted by atomic mass is 10.2. The molecule has 0 radical (unpaired) electrons. The highest BCUT2D eigenvalue weighted by Crippen LogP contribution is 2.31. The lowest BCUT2D eigenvalue weighted by Gasteiger charge is -2.07. The average Bonchev–Trinajstić information content (AvgIpc) is 3.21. The number of ether oxygens (including phenoxy) is 1. The molecule has 0 spiro atoms. The molecular formula is C17H15ClN4O3S. The van der Waals surface area contributed by atoms with Crippen LogP contribution in [0.1, 0.15) is 21.0 Å². The van der Waals surface area contributed by atoms with Crippen molar-refractivity contribution in [1.29, 1.82) is 0 Å². The lowest BCUT2D eigenvalue weighted by Crippen LogP contribution is -2.17. The number of nitrogens with one attached hydrogen (secondary N) is 2. The summed E-state index contributed by atoms with van der Waals surface area (Å²) in [6, 6.07) is 9.05. The van der Waals surface area contributed by atoms with Gasteiger partial charge >= 0.3 is 0 Å². The molecule has 1 amide bonds. The first-order valence-corrected chi connectivity index (χ1v) is 8.72. The number of aromatic nitrogens is 1. The minimum atomic E-state index is -0.361. The molecule has 0 aliphatic carbocycles. The quantitative estimate of drug-likeness (QED) is 0.486. The fourth-order valence-corrected chi connectivity index (χ4v) is 3.18. The number of hydrogen-bond acceptors (Lipinski definition) is 7. The fourth-order valence-electron chi connectivity index (χ4n) is 2.14. The number of carbonyl (C=O) groups is 1. The second-order valence-electron chi connectivity index (χ2n) is 5.09. The molecule has 2 heterocycles. The van der Waals surface area contributed by atoms with E-state index in [0.717, 1.165) is 5.69 Å². The van der Waals surface area contributed by atoms with Gasteiger partial charge in [0.15, 0.2) is 10.3 Å². The maximum absolute atomic E-state index is 12.0. The van der Waals surface area contributed by atoms with E-state index >= 15 is 0 Å². The van der Waals surface area contributed by atoms with Crippen LogP contribution in [0.4, 0.5) is 10.8 Å². The van der Waals surface area contributed by atoms with E-state index in [1.165, 1.54) is 23.8 Å². The predicted molar refractivity (Wildman–Crippen MR) is 102 cm³/mol. The number of methoxy groups -OCH3 is 1. The number of benzene rings is 1. The number of thiazole rings is 1. The molecule has 0 saturated carbocycles. The Hall–Kier alpha value is -2.84. The molecule has 0 atom stereocenters. The van der Waals surface area contributed by atoms with Gasteiger partial charge in [0.05, 0.1) is 35.7 Å². The van der Waals surface area contributed by atoms with Gasteiger partial charge in [-0.15, -0.1) is 0 Å². The second-order valence-corrected chi connectivity index (χ2v) is 6.48. The maximum Gasteiger partial charge on any atom is 0.274 e. The Kier molecular flexibility index (Phi) is 5.55. The molecule has 0 saturated heterocycles. The van der Waals surface area contributed by atoms with Gasteiger partial charge in [-0.05, 0) is 25.1 Å². The number of hydrogen-bond donors (Lipinski definition) is 2. The van der Waals surface area contributed by atoms with E-state index in [2.05, 4.69) is 20.8 Å². The van der Waals surface area contributed by atoms with Gasteiger partial charge in [-0.2, -0.15) is 5.10 Å². The summed E-state index contributed by atoms with van der Waals surface area (Å²) in [6.45, 7) is 1.70. The van der Waals surface area contributed by atoms with Crippen molar-refractivity contribution < 1.29 is 13.9 Å². The van der Waals surface area contributed by atoms with Crippen LogP contribution in [0.25, 0.3) is 0 Å². The topological polar surface area (TPSA) is 88.8 Å². The smallest absolute Gasteiger partial charge is 0.274 e. The molecule has 2 N–H and O–H groups in total. The molecule has 0 unspecified atom stereocenters. The van der Waals surface area contributed by atoms with Crippen LogP contribution in [-0.4, -0.2) is 24.2 Å². The van der Waals surface area contributed by atoms with Gasteiger partial charge in [0, 0.05) is 0 Å². The minimum absolute atomic E-state index is 0.282. The summed E-state index contributed by atoms with van der Waals surface area (Å²) in [6.07, 6.45) is 2.89. The van der Waals surface area contributed by atoms with Crippen molar-refractivity contribution in [1.82, 2.24) is 10.4 Å². The lowest BCUT2D eigenvalue weighted by molar-refractivity contribution is 0.0953. The van der Waals surface area contributed by atoms with Crippen LogP contribution in [-0.2, 0) is 0 Å². The highest BCUT2D eigenvalue weighted by molar-refractivity contribution is 7.17. The van der Waals surface area contributed by atoms with E-state index in [9.17, 15) is 4.79 Å². The summed E-state index contributed by atoms with van der Waals surface area (Å²) in [5.41, 5.74) is 3.63. The van der Waals surface area contributed by atoms with E-state index in [-0.39, 0.29) is 11.1 Å². The zero-order valence-corrected chi connectivity index (χ0v) is 15.5. The third-order valence-corrected chi connectivity index (χ3v) is 4.72. The van der Waals surface area contributed by atoms with Crippen molar-refractivity contribution in [2.24, 2.45) is 5.10 Å². The molecule has 1 aromatic carbocycles. The van der Waals surface area contributed by atoms with Gasteiger partial charge in [-0.1, -0.05) is 35.1 Å². The van der Waals surface area contributed by atoms with E-state index in [0.29, 0.717) is 27.1 Å². The van der Waals surface area contributed by atoms with Gasteiger partial charge in [-0.25, -0.2) is 10.4 Å². The summed E-state index contributed by atoms with van der Waals surface area (Å²) < 4.78 is 10.4. The number of nitrogens with zero attached hydrogens (tertiary/aromatic N) is 2. The third-order valence-electron chi connectivity index (χ3n) is 3.41. The Labute approximate surface area is 158 Å². The van der Waals surface area contributed by atoms with Crippen LogP contribution in [0.2, 0.25) is 5.15 Å². The first kappa shape index (κ1) is 18.0. The van der Waals surface area contributed by atoms with E-state index in [1.54, 1.807) is 20.1 Å². The number of rotatable bonds is 6. The summed E-state index contributed by atoms with van der Waals surface area (Å²) in [4.78, 5) is 16.8. The largest absolute Gasteiger partial charge is 0.495 e. The van der Waals surface area contributed by atoms with Crippen LogP contribution < -0.4 is 15.5 Å². The monoisotopic (exact) mass is 390 g/mol. The van der Waals surface area contributed by atoms with Crippen LogP contribution >= 0.6 is 22.9 Å². The van der Waals surface area contributed by atoms with Crippen molar-refractivity contribution in [2.45, 2.75) is 6.92 Å². The molecule has 2 aromatic heterocycles. The Morgan fingerprint density at radius 2 is 2.19 bits per heavy atom. The number of amides is 1. The Balaban J connectivity index is 1.68. The molecular weight excluding hydrogens is 376 g/mol. The van der Waals surface area contributed by atoms with E-state index < -0.39 is 0 Å². The number of para-hydroxylation sites is 2. The minimum Gasteiger partial charge on any atom is -0.495 e. The van der Waals surface area contributed by atoms with Gasteiger partial charge in [0.2, 0.25) is 0 Å². The number of carbonyl (C=O) groups excluding carboxylic acids is 1. The van der Waals surface area contributed by atoms with Crippen LogP contribution in [0.15, 0.2) is 46.1 Å². The molecule has 26 heavy (non-hydrogen) atoms. The molecule has 134 valence electrons. The number of furan rings is 1. The van der Waals surface area contributed by atoms with E-state index in [4.69, 9.17) is 20.8 Å². The number of halogens is 1. The normalized spacial score (nSPS) is 10.9. The summed E-state index contributed by atoms with van der Waals surface area (Å²) in [5.74, 6) is 0.856. The summed E-state index contributed by atoms with van der Waals surface area (Å²) >= 11 is 7.43. The zero-order valence-electron chi connectivity index (χ0n) is 13.9. The average molecular weight is 391 g/mol. The summed E-state index contributed by atoms with van der Waals surface area (Å²) in [7, 11) is 1.60. The molecule has 7 nitrogen and oxygen atoms in total. The number of aryl methyl sites for hydroxylation is 1. The molecule has 9 heteroatoms. The molecule has 3 aromatic rings. The van der Waals surface area contributed by atoms with Crippen LogP contribution in [0, 0.1) is 6.92 Å². The highest BCUT2D eigenvalue weighted by Gasteiger charge is 2.12. The molecule has 0 bridgehead atoms. The Bertz CT molecular complexity index is 951. The second kappa shape index (κ2) is 8.03. The Morgan fingerprint density at radius 3 is 2.92 bits per heavy atom. The van der Waals surface area contributed by atoms with Crippen LogP contribution in [0.5, 0.6) is 5.75 Å². The van der Waals surface area contributed by atoms with Gasteiger partial charge < -0.3 is 14.5 Å². The van der Waals surface area contributed by atoms with E-state index in [1.807, 2.05) is 24.3 Å². The SMILES string of the molecule is COc1ccccc1Nc1nc(Cl)c(/C=N/NC(=O)c2ccoc2C)s1. The van der Waals surface area contributed by atoms with Crippen molar-refractivity contribution in [3.05, 3.63) is 57.9 Å². The first-order valence-electron chi connectivity index (χ1n) is 7.52. The standard InChI is InChI=1S/C17H15ClN4O3S/c1-10-11(7-8-25-10)16(23)22-19-9-14-15(18)21-17(26-14)20-12-5-3-4-6-13(12)24-2/h3-9H,1-2H3,(H,20,21)(H,22,23)/b19-9+. The van der Waals surface area contributed by atoms with Crippen molar-refractivity contribution in [3.63, 3.8) is 0 Å². The van der Waals surface area contributed by atoms with Crippen LogP contribution in [0.3, 0.4) is 0 Å². The Morgan fingerprint density at radius 1 is 1.38 bits per heavy atom. The molecule has 0 aliphatic heterocycles. The van der Waals surface area contributed by atoms with Crippen molar-refractivity contribution in [3.8, 4) is 5.75 Å². The van der Waals surface area contributed by atoms with Gasteiger partial charge in [0.25, 0.3) is 5.91 Å². The van der Waals surface area contributed by atoms with Crippen molar-refractivity contribution >= 4 is 45.9 Å². The molecule has 0 fully saturated rings. The van der Waals surface area contributed by atoms with Gasteiger partial charge in [-0.3, -0.25) is 4.79 Å². The maximum atomic E-state index is 12.0. The van der Waals surface area contributed by atoms with Crippen molar-refractivity contribution in [2.75, 3.05) is 12.4 Å². The number of anilines is 2. The van der Waals surface area contributed by atoms with Gasteiger partial charge in [0.1, 0.15) is 11.5 Å². The first-order chi connectivity index (χ1) is 12.6. The molecule has 0 aliphatic rings. The molecule has 3 rings (SSSR count). The predicted octanol–water partition coefficient (Wildman–Crippen LogP) is 4.21. The fraction of sp³-hybridized carbons (Fsp3) is 0.118. The summed E-state index contributed by atoms with van der Waals surface area (Å²) in [5, 5.41) is 7.93. The number of hydrazone groups is 1. The highest BCUT2D eigenvalue weighted by atomic mass is 35.5. The third kappa shape index (κ3) is 4.04. The zero-order chi connectivity index (χ0) is 18.5.